The highest BCUT2D eigenvalue weighted by Gasteiger charge is 2.09. The van der Waals surface area contributed by atoms with Gasteiger partial charge in [-0.05, 0) is 43.3 Å². The van der Waals surface area contributed by atoms with Gasteiger partial charge in [-0.2, -0.15) is 0 Å². The van der Waals surface area contributed by atoms with Crippen LogP contribution in [-0.2, 0) is 0 Å². The van der Waals surface area contributed by atoms with Crippen molar-refractivity contribution in [2.24, 2.45) is 0 Å². The lowest BCUT2D eigenvalue weighted by Gasteiger charge is -2.09. The van der Waals surface area contributed by atoms with Crippen LogP contribution < -0.4 is 15.4 Å². The second-order valence-electron chi connectivity index (χ2n) is 5.19. The van der Waals surface area contributed by atoms with Gasteiger partial charge in [0.15, 0.2) is 0 Å². The number of benzene rings is 2. The van der Waals surface area contributed by atoms with Crippen molar-refractivity contribution in [3.63, 3.8) is 0 Å². The molecule has 0 fully saturated rings. The van der Waals surface area contributed by atoms with E-state index in [-0.39, 0.29) is 11.6 Å². The third-order valence-corrected chi connectivity index (χ3v) is 3.37. The smallest absolute Gasteiger partial charge is 0.274 e. The first-order chi connectivity index (χ1) is 12.2. The molecular weight excluding hydrogens is 316 g/mol. The minimum atomic E-state index is -0.289. The van der Waals surface area contributed by atoms with E-state index in [1.54, 1.807) is 6.07 Å². The minimum Gasteiger partial charge on any atom is -0.494 e. The van der Waals surface area contributed by atoms with Crippen molar-refractivity contribution < 1.29 is 9.53 Å². The Balaban J connectivity index is 1.69. The number of carbonyl (C=O) groups excluding carboxylic acids is 1. The Labute approximate surface area is 145 Å². The van der Waals surface area contributed by atoms with Gasteiger partial charge in [0.05, 0.1) is 6.61 Å². The molecule has 0 saturated carbocycles. The molecule has 2 N–H and O–H groups in total. The van der Waals surface area contributed by atoms with Crippen molar-refractivity contribution in [1.82, 2.24) is 9.97 Å². The topological polar surface area (TPSA) is 76.1 Å². The van der Waals surface area contributed by atoms with Gasteiger partial charge in [-0.3, -0.25) is 4.79 Å². The van der Waals surface area contributed by atoms with Crippen molar-refractivity contribution in [2.45, 2.75) is 6.92 Å². The van der Waals surface area contributed by atoms with Gasteiger partial charge < -0.3 is 15.4 Å². The molecule has 126 valence electrons. The van der Waals surface area contributed by atoms with E-state index in [4.69, 9.17) is 4.74 Å². The molecule has 0 radical (unpaired) electrons. The monoisotopic (exact) mass is 334 g/mol. The van der Waals surface area contributed by atoms with E-state index in [0.29, 0.717) is 18.1 Å². The van der Waals surface area contributed by atoms with Crippen molar-refractivity contribution in [3.05, 3.63) is 72.7 Å². The van der Waals surface area contributed by atoms with Gasteiger partial charge in [-0.25, -0.2) is 9.97 Å². The second kappa shape index (κ2) is 7.92. The first-order valence-electron chi connectivity index (χ1n) is 7.93. The number of anilines is 3. The molecule has 3 aromatic rings. The molecule has 3 rings (SSSR count). The number of aromatic nitrogens is 2. The number of nitrogens with zero attached hydrogens (tertiary/aromatic N) is 2. The molecule has 6 heteroatoms. The average Bonchev–Trinajstić information content (AvgIpc) is 2.65. The van der Waals surface area contributed by atoms with Gasteiger partial charge in [0.1, 0.15) is 23.6 Å². The van der Waals surface area contributed by atoms with Crippen LogP contribution in [0.5, 0.6) is 5.75 Å². The number of para-hydroxylation sites is 1. The maximum Gasteiger partial charge on any atom is 0.274 e. The molecule has 25 heavy (non-hydrogen) atoms. The van der Waals surface area contributed by atoms with Gasteiger partial charge in [0, 0.05) is 17.4 Å². The summed E-state index contributed by atoms with van der Waals surface area (Å²) in [6.07, 6.45) is 1.36. The predicted molar refractivity (Wildman–Crippen MR) is 97.3 cm³/mol. The molecule has 6 nitrogen and oxygen atoms in total. The summed E-state index contributed by atoms with van der Waals surface area (Å²) in [5.41, 5.74) is 1.84. The van der Waals surface area contributed by atoms with Gasteiger partial charge >= 0.3 is 0 Å². The zero-order chi connectivity index (χ0) is 17.5. The fourth-order valence-electron chi connectivity index (χ4n) is 2.22. The van der Waals surface area contributed by atoms with Crippen LogP contribution in [0.4, 0.5) is 17.2 Å². The first kappa shape index (κ1) is 16.4. The summed E-state index contributed by atoms with van der Waals surface area (Å²) in [6.45, 7) is 2.56. The maximum absolute atomic E-state index is 12.3. The summed E-state index contributed by atoms with van der Waals surface area (Å²) >= 11 is 0. The van der Waals surface area contributed by atoms with Crippen LogP contribution in [0.25, 0.3) is 0 Å². The molecule has 0 spiro atoms. The number of amides is 1. The van der Waals surface area contributed by atoms with E-state index in [1.165, 1.54) is 6.33 Å². The van der Waals surface area contributed by atoms with Crippen LogP contribution in [0.3, 0.4) is 0 Å². The van der Waals surface area contributed by atoms with E-state index in [1.807, 2.05) is 61.5 Å². The number of hydrogen-bond acceptors (Lipinski definition) is 5. The zero-order valence-corrected chi connectivity index (χ0v) is 13.8. The Morgan fingerprint density at radius 3 is 2.48 bits per heavy atom. The Hall–Kier alpha value is -3.41. The van der Waals surface area contributed by atoms with E-state index < -0.39 is 0 Å². The molecular formula is C19H18N4O2. The largest absolute Gasteiger partial charge is 0.494 e. The van der Waals surface area contributed by atoms with Gasteiger partial charge in [-0.1, -0.05) is 18.2 Å². The van der Waals surface area contributed by atoms with E-state index >= 15 is 0 Å². The molecule has 2 aromatic carbocycles. The van der Waals surface area contributed by atoms with Crippen LogP contribution in [-0.4, -0.2) is 22.5 Å². The third-order valence-electron chi connectivity index (χ3n) is 3.37. The van der Waals surface area contributed by atoms with Crippen LogP contribution in [0.2, 0.25) is 0 Å². The fraction of sp³-hybridized carbons (Fsp3) is 0.105. The van der Waals surface area contributed by atoms with Gasteiger partial charge in [0.2, 0.25) is 0 Å². The molecule has 0 unspecified atom stereocenters. The van der Waals surface area contributed by atoms with Gasteiger partial charge in [0.25, 0.3) is 5.91 Å². The highest BCUT2D eigenvalue weighted by molar-refractivity contribution is 6.03. The highest BCUT2D eigenvalue weighted by atomic mass is 16.5. The number of ether oxygens (including phenoxy) is 1. The van der Waals surface area contributed by atoms with Crippen molar-refractivity contribution in [2.75, 3.05) is 17.2 Å². The van der Waals surface area contributed by atoms with E-state index in [2.05, 4.69) is 20.6 Å². The molecule has 0 aliphatic rings. The Morgan fingerprint density at radius 1 is 1.00 bits per heavy atom. The normalized spacial score (nSPS) is 10.1. The molecule has 0 aliphatic carbocycles. The van der Waals surface area contributed by atoms with E-state index in [9.17, 15) is 4.79 Å². The van der Waals surface area contributed by atoms with Crippen LogP contribution in [0, 0.1) is 0 Å². The standard InChI is InChI=1S/C19H18N4O2/c1-2-25-16-10-8-15(9-11-16)22-18-12-17(20-13-21-18)19(24)23-14-6-4-3-5-7-14/h3-13H,2H2,1H3,(H,23,24)(H,20,21,22). The lowest BCUT2D eigenvalue weighted by atomic mass is 10.3. The second-order valence-corrected chi connectivity index (χ2v) is 5.19. The quantitative estimate of drug-likeness (QED) is 0.715. The number of nitrogens with one attached hydrogen (secondary N) is 2. The van der Waals surface area contributed by atoms with Crippen LogP contribution >= 0.6 is 0 Å². The average molecular weight is 334 g/mol. The maximum atomic E-state index is 12.3. The molecule has 1 amide bonds. The van der Waals surface area contributed by atoms with Crippen molar-refractivity contribution >= 4 is 23.1 Å². The highest BCUT2D eigenvalue weighted by Crippen LogP contribution is 2.19. The fourth-order valence-corrected chi connectivity index (χ4v) is 2.22. The lowest BCUT2D eigenvalue weighted by molar-refractivity contribution is 0.102. The summed E-state index contributed by atoms with van der Waals surface area (Å²) in [4.78, 5) is 20.5. The molecule has 1 aromatic heterocycles. The number of hydrogen-bond donors (Lipinski definition) is 2. The Bertz CT molecular complexity index is 836. The summed E-state index contributed by atoms with van der Waals surface area (Å²) in [7, 11) is 0. The summed E-state index contributed by atoms with van der Waals surface area (Å²) < 4.78 is 5.41. The number of carbonyl (C=O) groups is 1. The molecule has 0 bridgehead atoms. The number of rotatable bonds is 6. The predicted octanol–water partition coefficient (Wildman–Crippen LogP) is 3.87. The van der Waals surface area contributed by atoms with Crippen LogP contribution in [0.15, 0.2) is 67.0 Å². The molecule has 0 atom stereocenters. The molecule has 0 aliphatic heterocycles. The Kier molecular flexibility index (Phi) is 5.21. The molecule has 0 saturated heterocycles. The zero-order valence-electron chi connectivity index (χ0n) is 13.8. The molecule has 1 heterocycles. The SMILES string of the molecule is CCOc1ccc(Nc2cc(C(=O)Nc3ccccc3)ncn2)cc1. The minimum absolute atomic E-state index is 0.285. The van der Waals surface area contributed by atoms with E-state index in [0.717, 1.165) is 11.4 Å². The Morgan fingerprint density at radius 2 is 1.76 bits per heavy atom. The van der Waals surface area contributed by atoms with Crippen LogP contribution in [0.1, 0.15) is 17.4 Å². The van der Waals surface area contributed by atoms with Crippen molar-refractivity contribution in [3.8, 4) is 5.75 Å². The summed E-state index contributed by atoms with van der Waals surface area (Å²) in [5, 5.41) is 5.94. The summed E-state index contributed by atoms with van der Waals surface area (Å²) in [5.74, 6) is 1.05. The third kappa shape index (κ3) is 4.54. The van der Waals surface area contributed by atoms with Crippen molar-refractivity contribution in [1.29, 1.82) is 0 Å². The van der Waals surface area contributed by atoms with Gasteiger partial charge in [-0.15, -0.1) is 0 Å². The first-order valence-corrected chi connectivity index (χ1v) is 7.93. The summed E-state index contributed by atoms with van der Waals surface area (Å²) in [6, 6.07) is 18.4. The lowest BCUT2D eigenvalue weighted by Crippen LogP contribution is -2.14.